The number of hydrogen-bond acceptors (Lipinski definition) is 3. The van der Waals surface area contributed by atoms with Gasteiger partial charge in [0.2, 0.25) is 0 Å². The summed E-state index contributed by atoms with van der Waals surface area (Å²) in [5, 5.41) is 0. The first-order valence-electron chi connectivity index (χ1n) is 7.36. The molecule has 2 rings (SSSR count). The molecule has 112 valence electrons. The minimum atomic E-state index is 0.234. The van der Waals surface area contributed by atoms with Gasteiger partial charge in [0.25, 0.3) is 0 Å². The summed E-state index contributed by atoms with van der Waals surface area (Å²) in [7, 11) is 1.73. The Labute approximate surface area is 130 Å². The van der Waals surface area contributed by atoms with E-state index >= 15 is 0 Å². The van der Waals surface area contributed by atoms with E-state index in [-0.39, 0.29) is 6.04 Å². The summed E-state index contributed by atoms with van der Waals surface area (Å²) in [5.74, 6) is 1.57. The van der Waals surface area contributed by atoms with E-state index in [2.05, 4.69) is 40.7 Å². The van der Waals surface area contributed by atoms with E-state index in [1.807, 2.05) is 12.1 Å². The Balaban J connectivity index is 2.31. The number of nitrogens with zero attached hydrogens (tertiary/aromatic N) is 1. The summed E-state index contributed by atoms with van der Waals surface area (Å²) in [5.41, 5.74) is 7.30. The Morgan fingerprint density at radius 3 is 2.60 bits per heavy atom. The third kappa shape index (κ3) is 3.74. The lowest BCUT2D eigenvalue weighted by Gasteiger charge is -2.33. The highest BCUT2D eigenvalue weighted by molar-refractivity contribution is 9.10. The van der Waals surface area contributed by atoms with Crippen molar-refractivity contribution in [3.05, 3.63) is 28.2 Å². The smallest absolute Gasteiger partial charge is 0.123 e. The fourth-order valence-corrected chi connectivity index (χ4v) is 3.14. The number of nitrogens with two attached hydrogens (primary N) is 1. The van der Waals surface area contributed by atoms with Crippen LogP contribution in [0.3, 0.4) is 0 Å². The van der Waals surface area contributed by atoms with Crippen molar-refractivity contribution in [3.8, 4) is 5.75 Å². The summed E-state index contributed by atoms with van der Waals surface area (Å²) in [4.78, 5) is 2.56. The molecule has 0 aromatic heterocycles. The van der Waals surface area contributed by atoms with Crippen molar-refractivity contribution in [2.75, 3.05) is 20.2 Å². The van der Waals surface area contributed by atoms with Crippen LogP contribution in [-0.2, 0) is 0 Å². The van der Waals surface area contributed by atoms with Gasteiger partial charge < -0.3 is 10.5 Å². The van der Waals surface area contributed by atoms with E-state index < -0.39 is 0 Å². The predicted molar refractivity (Wildman–Crippen MR) is 87.1 cm³/mol. The number of halogens is 1. The average Bonchev–Trinajstić information content (AvgIpc) is 3.22. The van der Waals surface area contributed by atoms with E-state index in [1.165, 1.54) is 18.4 Å². The SMILES string of the molecule is COc1ccc(Br)cc1C(CN)N(CC(C)C)C1CC1. The van der Waals surface area contributed by atoms with E-state index in [4.69, 9.17) is 10.5 Å². The molecular weight excluding hydrogens is 316 g/mol. The summed E-state index contributed by atoms with van der Waals surface area (Å²) < 4.78 is 6.61. The molecule has 4 heteroatoms. The predicted octanol–water partition coefficient (Wildman–Crippen LogP) is 3.58. The number of rotatable bonds is 7. The second-order valence-electron chi connectivity index (χ2n) is 5.96. The maximum atomic E-state index is 6.11. The number of benzene rings is 1. The monoisotopic (exact) mass is 340 g/mol. The molecule has 3 nitrogen and oxygen atoms in total. The molecule has 1 aliphatic rings. The first kappa shape index (κ1) is 15.8. The summed E-state index contributed by atoms with van der Waals surface area (Å²) in [6, 6.07) is 7.10. The van der Waals surface area contributed by atoms with Crippen molar-refractivity contribution >= 4 is 15.9 Å². The minimum Gasteiger partial charge on any atom is -0.496 e. The summed E-state index contributed by atoms with van der Waals surface area (Å²) >= 11 is 3.56. The highest BCUT2D eigenvalue weighted by atomic mass is 79.9. The zero-order chi connectivity index (χ0) is 14.7. The van der Waals surface area contributed by atoms with Gasteiger partial charge in [0.15, 0.2) is 0 Å². The highest BCUT2D eigenvalue weighted by Gasteiger charge is 2.35. The molecular formula is C16H25BrN2O. The second kappa shape index (κ2) is 6.92. The second-order valence-corrected chi connectivity index (χ2v) is 6.88. The van der Waals surface area contributed by atoms with Gasteiger partial charge in [0, 0.05) is 29.2 Å². The van der Waals surface area contributed by atoms with Crippen LogP contribution in [0.1, 0.15) is 38.3 Å². The van der Waals surface area contributed by atoms with Gasteiger partial charge in [-0.15, -0.1) is 0 Å². The molecule has 1 unspecified atom stereocenters. The third-order valence-corrected chi connectivity index (χ3v) is 4.26. The number of hydrogen-bond donors (Lipinski definition) is 1. The van der Waals surface area contributed by atoms with Crippen molar-refractivity contribution in [1.82, 2.24) is 4.90 Å². The van der Waals surface area contributed by atoms with Gasteiger partial charge in [0.1, 0.15) is 5.75 Å². The molecule has 0 aliphatic heterocycles. The van der Waals surface area contributed by atoms with Crippen LogP contribution >= 0.6 is 15.9 Å². The molecule has 2 N–H and O–H groups in total. The summed E-state index contributed by atoms with van der Waals surface area (Å²) in [6.07, 6.45) is 2.58. The van der Waals surface area contributed by atoms with E-state index in [0.717, 1.165) is 16.8 Å². The van der Waals surface area contributed by atoms with Crippen molar-refractivity contribution in [1.29, 1.82) is 0 Å². The molecule has 1 aliphatic carbocycles. The lowest BCUT2D eigenvalue weighted by atomic mass is 10.0. The Morgan fingerprint density at radius 1 is 1.40 bits per heavy atom. The third-order valence-electron chi connectivity index (χ3n) is 3.77. The Bertz CT molecular complexity index is 446. The molecule has 1 atom stereocenters. The van der Waals surface area contributed by atoms with Crippen LogP contribution in [0.2, 0.25) is 0 Å². The molecule has 20 heavy (non-hydrogen) atoms. The van der Waals surface area contributed by atoms with Crippen molar-refractivity contribution in [2.24, 2.45) is 11.7 Å². The largest absolute Gasteiger partial charge is 0.496 e. The molecule has 0 radical (unpaired) electrons. The van der Waals surface area contributed by atoms with Crippen LogP contribution in [0.4, 0.5) is 0 Å². The minimum absolute atomic E-state index is 0.234. The fraction of sp³-hybridized carbons (Fsp3) is 0.625. The fourth-order valence-electron chi connectivity index (χ4n) is 2.77. The van der Waals surface area contributed by atoms with Crippen LogP contribution in [0.15, 0.2) is 22.7 Å². The molecule has 1 aromatic rings. The van der Waals surface area contributed by atoms with Gasteiger partial charge in [-0.3, -0.25) is 4.90 Å². The van der Waals surface area contributed by atoms with E-state index in [0.29, 0.717) is 18.5 Å². The first-order valence-corrected chi connectivity index (χ1v) is 8.15. The van der Waals surface area contributed by atoms with Crippen LogP contribution in [-0.4, -0.2) is 31.1 Å². The van der Waals surface area contributed by atoms with Crippen LogP contribution in [0.5, 0.6) is 5.75 Å². The molecule has 1 aromatic carbocycles. The van der Waals surface area contributed by atoms with Gasteiger partial charge in [-0.1, -0.05) is 29.8 Å². The zero-order valence-electron chi connectivity index (χ0n) is 12.6. The van der Waals surface area contributed by atoms with E-state index in [1.54, 1.807) is 7.11 Å². The molecule has 1 saturated carbocycles. The maximum Gasteiger partial charge on any atom is 0.123 e. The Kier molecular flexibility index (Phi) is 5.47. The van der Waals surface area contributed by atoms with Gasteiger partial charge in [-0.2, -0.15) is 0 Å². The lowest BCUT2D eigenvalue weighted by molar-refractivity contribution is 0.167. The molecule has 0 heterocycles. The summed E-state index contributed by atoms with van der Waals surface area (Å²) in [6.45, 7) is 6.24. The van der Waals surface area contributed by atoms with Crippen LogP contribution in [0.25, 0.3) is 0 Å². The van der Waals surface area contributed by atoms with Crippen molar-refractivity contribution in [2.45, 2.75) is 38.8 Å². The van der Waals surface area contributed by atoms with Crippen LogP contribution in [0, 0.1) is 5.92 Å². The van der Waals surface area contributed by atoms with Gasteiger partial charge in [-0.25, -0.2) is 0 Å². The highest BCUT2D eigenvalue weighted by Crippen LogP contribution is 2.38. The molecule has 0 saturated heterocycles. The van der Waals surface area contributed by atoms with Crippen LogP contribution < -0.4 is 10.5 Å². The van der Waals surface area contributed by atoms with Crippen molar-refractivity contribution in [3.63, 3.8) is 0 Å². The topological polar surface area (TPSA) is 38.5 Å². The van der Waals surface area contributed by atoms with Gasteiger partial charge >= 0.3 is 0 Å². The standard InChI is InChI=1S/C16H25BrN2O/c1-11(2)10-19(13-5-6-13)15(9-18)14-8-12(17)4-7-16(14)20-3/h4,7-8,11,13,15H,5-6,9-10,18H2,1-3H3. The van der Waals surface area contributed by atoms with Crippen molar-refractivity contribution < 1.29 is 4.74 Å². The van der Waals surface area contributed by atoms with Gasteiger partial charge in [-0.05, 0) is 37.0 Å². The lowest BCUT2D eigenvalue weighted by Crippen LogP contribution is -2.38. The number of methoxy groups -OCH3 is 1. The average molecular weight is 341 g/mol. The number of ether oxygens (including phenoxy) is 1. The molecule has 1 fully saturated rings. The molecule has 0 amide bonds. The molecule has 0 spiro atoms. The first-order chi connectivity index (χ1) is 9.56. The quantitative estimate of drug-likeness (QED) is 0.824. The van der Waals surface area contributed by atoms with E-state index in [9.17, 15) is 0 Å². The molecule has 0 bridgehead atoms. The normalized spacial score (nSPS) is 16.8. The maximum absolute atomic E-state index is 6.11. The Morgan fingerprint density at radius 2 is 2.10 bits per heavy atom. The Hall–Kier alpha value is -0.580. The zero-order valence-corrected chi connectivity index (χ0v) is 14.2. The van der Waals surface area contributed by atoms with Gasteiger partial charge in [0.05, 0.1) is 13.2 Å².